The van der Waals surface area contributed by atoms with Crippen LogP contribution in [0, 0.1) is 17.1 Å². The molecule has 1 aromatic carbocycles. The van der Waals surface area contributed by atoms with Crippen LogP contribution in [0.2, 0.25) is 0 Å². The lowest BCUT2D eigenvalue weighted by atomic mass is 9.87. The van der Waals surface area contributed by atoms with Crippen LogP contribution in [0.4, 0.5) is 10.2 Å². The third-order valence-electron chi connectivity index (χ3n) is 7.68. The molecule has 41 heavy (non-hydrogen) atoms. The van der Waals surface area contributed by atoms with Crippen LogP contribution in [0.25, 0.3) is 33.4 Å². The summed E-state index contributed by atoms with van der Waals surface area (Å²) >= 11 is 0. The second-order valence-electron chi connectivity index (χ2n) is 10.3. The van der Waals surface area contributed by atoms with Crippen LogP contribution >= 0.6 is 0 Å². The molecule has 5 aromatic rings. The molecule has 5 heterocycles. The molecular weight excluding hydrogens is 523 g/mol. The van der Waals surface area contributed by atoms with E-state index in [1.165, 1.54) is 18.2 Å². The van der Waals surface area contributed by atoms with E-state index in [-0.39, 0.29) is 12.2 Å². The van der Waals surface area contributed by atoms with Crippen molar-refractivity contribution in [3.05, 3.63) is 84.2 Å². The Morgan fingerprint density at radius 1 is 1.15 bits per heavy atom. The number of aliphatic hydroxyl groups excluding tert-OH is 1. The van der Waals surface area contributed by atoms with E-state index in [1.54, 1.807) is 29.3 Å². The highest BCUT2D eigenvalue weighted by Gasteiger charge is 2.36. The Labute approximate surface area is 235 Å². The highest BCUT2D eigenvalue weighted by atomic mass is 19.1. The van der Waals surface area contributed by atoms with E-state index in [0.717, 1.165) is 33.6 Å². The van der Waals surface area contributed by atoms with Crippen LogP contribution in [0.15, 0.2) is 67.3 Å². The largest absolute Gasteiger partial charge is 0.394 e. The summed E-state index contributed by atoms with van der Waals surface area (Å²) in [6, 6.07) is 13.9. The minimum absolute atomic E-state index is 0.0445. The molecule has 6 rings (SSSR count). The molecule has 11 heteroatoms. The molecule has 1 amide bonds. The number of nitriles is 1. The van der Waals surface area contributed by atoms with Crippen molar-refractivity contribution in [1.82, 2.24) is 30.0 Å². The molecule has 0 spiro atoms. The number of aryl methyl sites for hydroxylation is 1. The molecule has 0 bridgehead atoms. The van der Waals surface area contributed by atoms with Crippen LogP contribution in [0.1, 0.15) is 28.8 Å². The maximum absolute atomic E-state index is 14.1. The number of fused-ring (bicyclic) bond motifs is 1. The van der Waals surface area contributed by atoms with Gasteiger partial charge in [0.15, 0.2) is 0 Å². The van der Waals surface area contributed by atoms with E-state index < -0.39 is 17.3 Å². The van der Waals surface area contributed by atoms with Crippen LogP contribution in [-0.2, 0) is 7.05 Å². The molecule has 0 aliphatic carbocycles. The number of aromatic nitrogens is 5. The minimum Gasteiger partial charge on any atom is -0.394 e. The number of hydrogen-bond acceptors (Lipinski definition) is 7. The third-order valence-corrected chi connectivity index (χ3v) is 7.68. The third kappa shape index (κ3) is 4.90. The zero-order chi connectivity index (χ0) is 28.6. The second-order valence-corrected chi connectivity index (χ2v) is 10.3. The van der Waals surface area contributed by atoms with E-state index in [9.17, 15) is 19.6 Å². The molecule has 3 N–H and O–H groups in total. The summed E-state index contributed by atoms with van der Waals surface area (Å²) < 4.78 is 15.8. The maximum atomic E-state index is 14.1. The number of halogens is 1. The van der Waals surface area contributed by atoms with Gasteiger partial charge >= 0.3 is 0 Å². The molecule has 206 valence electrons. The summed E-state index contributed by atoms with van der Waals surface area (Å²) in [5, 5.41) is 27.9. The van der Waals surface area contributed by atoms with Gasteiger partial charge in [-0.05, 0) is 43.2 Å². The molecule has 1 aliphatic rings. The molecule has 1 saturated heterocycles. The average Bonchev–Trinajstić information content (AvgIpc) is 3.63. The molecule has 4 aromatic heterocycles. The number of aliphatic hydroxyl groups is 1. The number of nitrogens with zero attached hydrogens (tertiary/aromatic N) is 6. The molecule has 10 nitrogen and oxygen atoms in total. The van der Waals surface area contributed by atoms with Gasteiger partial charge in [0, 0.05) is 60.8 Å². The van der Waals surface area contributed by atoms with Crippen molar-refractivity contribution in [3.63, 3.8) is 0 Å². The number of carbonyl (C=O) groups excluding carboxylic acids is 1. The Balaban J connectivity index is 1.21. The van der Waals surface area contributed by atoms with Crippen molar-refractivity contribution in [1.29, 1.82) is 5.26 Å². The van der Waals surface area contributed by atoms with Crippen molar-refractivity contribution in [2.24, 2.45) is 7.05 Å². The first-order chi connectivity index (χ1) is 19.9. The highest BCUT2D eigenvalue weighted by molar-refractivity contribution is 5.98. The number of H-pyrrole nitrogens is 1. The summed E-state index contributed by atoms with van der Waals surface area (Å²) in [5.41, 5.74) is 3.51. The molecule has 1 aliphatic heterocycles. The number of piperidine rings is 1. The fourth-order valence-electron chi connectivity index (χ4n) is 5.35. The first kappa shape index (κ1) is 26.2. The number of nitrogens with one attached hydrogen (secondary N) is 2. The molecular formula is C30H27FN8O2. The molecule has 1 fully saturated rings. The van der Waals surface area contributed by atoms with Crippen LogP contribution in [0.3, 0.4) is 0 Å². The van der Waals surface area contributed by atoms with E-state index in [0.29, 0.717) is 37.1 Å². The number of pyridine rings is 2. The summed E-state index contributed by atoms with van der Waals surface area (Å²) in [7, 11) is 1.85. The van der Waals surface area contributed by atoms with Crippen molar-refractivity contribution < 1.29 is 14.3 Å². The van der Waals surface area contributed by atoms with Crippen molar-refractivity contribution in [3.8, 4) is 28.5 Å². The number of benzene rings is 1. The lowest BCUT2D eigenvalue weighted by Gasteiger charge is -2.41. The summed E-state index contributed by atoms with van der Waals surface area (Å²) in [5.74, 6) is -0.394. The summed E-state index contributed by atoms with van der Waals surface area (Å²) in [6.07, 6.45) is 7.91. The number of anilines is 1. The van der Waals surface area contributed by atoms with Gasteiger partial charge in [0.2, 0.25) is 0 Å². The van der Waals surface area contributed by atoms with E-state index in [2.05, 4.69) is 31.4 Å². The minimum atomic E-state index is -0.847. The van der Waals surface area contributed by atoms with Gasteiger partial charge in [-0.2, -0.15) is 10.4 Å². The van der Waals surface area contributed by atoms with E-state index >= 15 is 0 Å². The zero-order valence-electron chi connectivity index (χ0n) is 22.3. The van der Waals surface area contributed by atoms with Gasteiger partial charge < -0.3 is 20.3 Å². The Morgan fingerprint density at radius 2 is 1.95 bits per heavy atom. The van der Waals surface area contributed by atoms with Crippen molar-refractivity contribution >= 4 is 22.8 Å². The van der Waals surface area contributed by atoms with Crippen molar-refractivity contribution in [2.45, 2.75) is 18.4 Å². The predicted molar refractivity (Wildman–Crippen MR) is 151 cm³/mol. The molecule has 0 unspecified atom stereocenters. The Hall–Kier alpha value is -5.08. The zero-order valence-corrected chi connectivity index (χ0v) is 22.3. The first-order valence-corrected chi connectivity index (χ1v) is 13.2. The number of rotatable bonds is 6. The Kier molecular flexibility index (Phi) is 6.69. The summed E-state index contributed by atoms with van der Waals surface area (Å²) in [4.78, 5) is 27.3. The molecule has 0 atom stereocenters. The molecule has 0 saturated carbocycles. The highest BCUT2D eigenvalue weighted by Crippen LogP contribution is 2.34. The lowest BCUT2D eigenvalue weighted by Crippen LogP contribution is -2.57. The number of aromatic amines is 1. The topological polar surface area (TPSA) is 136 Å². The SMILES string of the molecule is Cn1cc(-c2cc3c(-c4ccc(N5CCC(CO)(NC(=O)c6ccccc6F)CC5)nc4)c(C#N)cnc3[nH]2)cn1. The monoisotopic (exact) mass is 550 g/mol. The van der Waals surface area contributed by atoms with Gasteiger partial charge in [-0.1, -0.05) is 12.1 Å². The van der Waals surface area contributed by atoms with Crippen LogP contribution < -0.4 is 10.2 Å². The normalized spacial score (nSPS) is 14.6. The van der Waals surface area contributed by atoms with Gasteiger partial charge in [-0.3, -0.25) is 9.48 Å². The van der Waals surface area contributed by atoms with Gasteiger partial charge in [0.1, 0.15) is 23.4 Å². The number of amides is 1. The standard InChI is InChI=1S/C30H27FN8O2/c1-38-17-21(16-35-38)25-12-23-27(20(13-32)15-34-28(23)36-25)19-6-7-26(33-14-19)39-10-8-30(18-40,9-11-39)37-29(41)22-4-2-3-5-24(22)31/h2-7,12,14-17,40H,8-11,18H2,1H3,(H,34,36)(H,37,41). The fourth-order valence-corrected chi connectivity index (χ4v) is 5.35. The maximum Gasteiger partial charge on any atom is 0.254 e. The van der Waals surface area contributed by atoms with Gasteiger partial charge in [-0.15, -0.1) is 0 Å². The van der Waals surface area contributed by atoms with Crippen LogP contribution in [0.5, 0.6) is 0 Å². The first-order valence-electron chi connectivity index (χ1n) is 13.2. The van der Waals surface area contributed by atoms with E-state index in [1.807, 2.05) is 31.4 Å². The molecule has 0 radical (unpaired) electrons. The van der Waals surface area contributed by atoms with Crippen LogP contribution in [-0.4, -0.2) is 61.0 Å². The van der Waals surface area contributed by atoms with Crippen molar-refractivity contribution in [2.75, 3.05) is 24.6 Å². The van der Waals surface area contributed by atoms with Gasteiger partial charge in [-0.25, -0.2) is 14.4 Å². The lowest BCUT2D eigenvalue weighted by molar-refractivity contribution is 0.0784. The van der Waals surface area contributed by atoms with Gasteiger partial charge in [0.05, 0.1) is 35.2 Å². The summed E-state index contributed by atoms with van der Waals surface area (Å²) in [6.45, 7) is 0.833. The van der Waals surface area contributed by atoms with E-state index in [4.69, 9.17) is 4.98 Å². The Morgan fingerprint density at radius 3 is 2.61 bits per heavy atom. The quantitative estimate of drug-likeness (QED) is 0.293. The average molecular weight is 551 g/mol. The number of hydrogen-bond donors (Lipinski definition) is 3. The van der Waals surface area contributed by atoms with Gasteiger partial charge in [0.25, 0.3) is 5.91 Å². The number of carbonyl (C=O) groups is 1. The smallest absolute Gasteiger partial charge is 0.254 e. The fraction of sp³-hybridized carbons (Fsp3) is 0.233. The second kappa shape index (κ2) is 10.5. The Bertz CT molecular complexity index is 1780. The predicted octanol–water partition coefficient (Wildman–Crippen LogP) is 3.80.